The molecule has 0 spiro atoms. The first-order chi connectivity index (χ1) is 19.9. The SMILES string of the molecule is CNC(=O)c1cc(C(=O)CCCCC2OCC(N3C(=O)c4ccccc4C3=O)CO2)cc([C@@H](C)c2ccccc2)n1. The van der Waals surface area contributed by atoms with Gasteiger partial charge in [0.1, 0.15) is 5.69 Å². The number of amides is 3. The van der Waals surface area contributed by atoms with Gasteiger partial charge < -0.3 is 14.8 Å². The Bertz CT molecular complexity index is 1410. The van der Waals surface area contributed by atoms with Crippen LogP contribution in [0.3, 0.4) is 0 Å². The van der Waals surface area contributed by atoms with Crippen molar-refractivity contribution in [1.29, 1.82) is 0 Å². The predicted octanol–water partition coefficient (Wildman–Crippen LogP) is 4.37. The standard InChI is InChI=1S/C32H33N3O6/c1-20(21-10-4-3-5-11-21)26-16-22(17-27(34-26)30(37)33-2)28(36)14-8-9-15-29-40-18-23(19-41-29)35-31(38)24-12-6-7-13-25(24)32(35)39/h3-7,10-13,16-17,20,23,29H,8-9,14-15,18-19H2,1-2H3,(H,33,37)/t20-,23?,29?/m0/s1. The largest absolute Gasteiger partial charge is 0.354 e. The summed E-state index contributed by atoms with van der Waals surface area (Å²) in [6.07, 6.45) is 1.73. The first-order valence-corrected chi connectivity index (χ1v) is 13.9. The molecule has 3 amide bonds. The number of ketones is 1. The molecule has 1 aromatic heterocycles. The zero-order valence-electron chi connectivity index (χ0n) is 23.2. The van der Waals surface area contributed by atoms with Crippen LogP contribution in [0.15, 0.2) is 66.7 Å². The van der Waals surface area contributed by atoms with E-state index in [1.54, 1.807) is 36.4 Å². The van der Waals surface area contributed by atoms with Crippen molar-refractivity contribution in [2.45, 2.75) is 50.9 Å². The first kappa shape index (κ1) is 28.3. The van der Waals surface area contributed by atoms with Crippen LogP contribution in [-0.2, 0) is 9.47 Å². The van der Waals surface area contributed by atoms with Gasteiger partial charge in [-0.25, -0.2) is 4.98 Å². The summed E-state index contributed by atoms with van der Waals surface area (Å²) in [5.74, 6) is -1.13. The second-order valence-electron chi connectivity index (χ2n) is 10.3. The summed E-state index contributed by atoms with van der Waals surface area (Å²) in [5.41, 5.74) is 3.20. The Hall–Kier alpha value is -4.21. The zero-order chi connectivity index (χ0) is 28.9. The number of aromatic nitrogens is 1. The summed E-state index contributed by atoms with van der Waals surface area (Å²) in [5, 5.41) is 2.59. The third kappa shape index (κ3) is 6.11. The van der Waals surface area contributed by atoms with Crippen molar-refractivity contribution in [3.05, 3.63) is 100 Å². The van der Waals surface area contributed by atoms with Crippen LogP contribution in [0.25, 0.3) is 0 Å². The van der Waals surface area contributed by atoms with Crippen LogP contribution < -0.4 is 5.32 Å². The number of carbonyl (C=O) groups is 4. The number of hydrogen-bond acceptors (Lipinski definition) is 7. The van der Waals surface area contributed by atoms with Gasteiger partial charge in [-0.3, -0.25) is 24.1 Å². The molecule has 9 nitrogen and oxygen atoms in total. The Morgan fingerprint density at radius 3 is 2.22 bits per heavy atom. The Morgan fingerprint density at radius 2 is 1.59 bits per heavy atom. The monoisotopic (exact) mass is 555 g/mol. The van der Waals surface area contributed by atoms with Crippen molar-refractivity contribution in [3.63, 3.8) is 0 Å². The number of benzene rings is 2. The molecule has 2 aromatic carbocycles. The van der Waals surface area contributed by atoms with Crippen molar-refractivity contribution in [3.8, 4) is 0 Å². The van der Waals surface area contributed by atoms with Gasteiger partial charge in [-0.15, -0.1) is 0 Å². The summed E-state index contributed by atoms with van der Waals surface area (Å²) in [6.45, 7) is 2.41. The Balaban J connectivity index is 1.13. The quantitative estimate of drug-likeness (QED) is 0.224. The molecular weight excluding hydrogens is 522 g/mol. The van der Waals surface area contributed by atoms with E-state index in [0.717, 1.165) is 5.56 Å². The molecule has 9 heteroatoms. The highest BCUT2D eigenvalue weighted by Gasteiger charge is 2.41. The highest BCUT2D eigenvalue weighted by Crippen LogP contribution is 2.28. The third-order valence-electron chi connectivity index (χ3n) is 7.60. The molecule has 3 aromatic rings. The van der Waals surface area contributed by atoms with Gasteiger partial charge in [0.2, 0.25) is 0 Å². The second kappa shape index (κ2) is 12.5. The number of pyridine rings is 1. The van der Waals surface area contributed by atoms with Crippen molar-refractivity contribution < 1.29 is 28.7 Å². The van der Waals surface area contributed by atoms with Crippen molar-refractivity contribution in [2.24, 2.45) is 0 Å². The highest BCUT2D eigenvalue weighted by atomic mass is 16.7. The number of rotatable bonds is 10. The molecule has 5 rings (SSSR count). The molecule has 0 aliphatic carbocycles. The Morgan fingerprint density at radius 1 is 0.951 bits per heavy atom. The molecule has 3 heterocycles. The van der Waals surface area contributed by atoms with Crippen molar-refractivity contribution in [2.75, 3.05) is 20.3 Å². The van der Waals surface area contributed by atoms with Crippen molar-refractivity contribution >= 4 is 23.5 Å². The molecule has 1 saturated heterocycles. The maximum atomic E-state index is 13.1. The number of imide groups is 1. The first-order valence-electron chi connectivity index (χ1n) is 13.9. The van der Waals surface area contributed by atoms with E-state index in [9.17, 15) is 19.2 Å². The van der Waals surface area contributed by atoms with E-state index < -0.39 is 12.3 Å². The van der Waals surface area contributed by atoms with Gasteiger partial charge in [0.05, 0.1) is 30.4 Å². The minimum absolute atomic E-state index is 0.0600. The smallest absolute Gasteiger partial charge is 0.269 e. The molecule has 0 radical (unpaired) electrons. The van der Waals surface area contributed by atoms with Crippen LogP contribution in [0.2, 0.25) is 0 Å². The van der Waals surface area contributed by atoms with Crippen molar-refractivity contribution in [1.82, 2.24) is 15.2 Å². The van der Waals surface area contributed by atoms with Gasteiger partial charge in [-0.05, 0) is 49.1 Å². The van der Waals surface area contributed by atoms with Gasteiger partial charge in [0.15, 0.2) is 12.1 Å². The van der Waals surface area contributed by atoms with Crippen LogP contribution in [0, 0.1) is 0 Å². The maximum absolute atomic E-state index is 13.1. The Kier molecular flexibility index (Phi) is 8.66. The van der Waals surface area contributed by atoms with E-state index in [0.29, 0.717) is 48.1 Å². The lowest BCUT2D eigenvalue weighted by Gasteiger charge is -2.33. The molecule has 2 aliphatic rings. The van der Waals surface area contributed by atoms with Gasteiger partial charge in [-0.1, -0.05) is 49.4 Å². The van der Waals surface area contributed by atoms with E-state index in [4.69, 9.17) is 9.47 Å². The van der Waals surface area contributed by atoms with E-state index in [-0.39, 0.29) is 48.3 Å². The molecule has 0 saturated carbocycles. The lowest BCUT2D eigenvalue weighted by atomic mass is 9.94. The maximum Gasteiger partial charge on any atom is 0.269 e. The van der Waals surface area contributed by atoms with Crippen LogP contribution in [0.1, 0.15) is 91.3 Å². The summed E-state index contributed by atoms with van der Waals surface area (Å²) >= 11 is 0. The molecule has 1 atom stereocenters. The minimum Gasteiger partial charge on any atom is -0.354 e. The number of ether oxygens (including phenoxy) is 2. The summed E-state index contributed by atoms with van der Waals surface area (Å²) in [4.78, 5) is 56.7. The summed E-state index contributed by atoms with van der Waals surface area (Å²) in [6, 6.07) is 19.5. The van der Waals surface area contributed by atoms with Gasteiger partial charge >= 0.3 is 0 Å². The number of nitrogens with one attached hydrogen (secondary N) is 1. The molecule has 212 valence electrons. The fraction of sp³-hybridized carbons (Fsp3) is 0.344. The molecule has 0 bridgehead atoms. The second-order valence-corrected chi connectivity index (χ2v) is 10.3. The number of hydrogen-bond donors (Lipinski definition) is 1. The van der Waals surface area contributed by atoms with Crippen LogP contribution in [0.4, 0.5) is 0 Å². The average molecular weight is 556 g/mol. The molecule has 0 unspecified atom stereocenters. The topological polar surface area (TPSA) is 115 Å². The number of Topliss-reactive ketones (excluding diaryl/α,β-unsaturated/α-hetero) is 1. The number of nitrogens with zero attached hydrogens (tertiary/aromatic N) is 2. The fourth-order valence-electron chi connectivity index (χ4n) is 5.22. The predicted molar refractivity (Wildman–Crippen MR) is 151 cm³/mol. The molecular formula is C32H33N3O6. The van der Waals surface area contributed by atoms with E-state index >= 15 is 0 Å². The zero-order valence-corrected chi connectivity index (χ0v) is 23.2. The van der Waals surface area contributed by atoms with E-state index in [1.165, 1.54) is 11.9 Å². The highest BCUT2D eigenvalue weighted by molar-refractivity contribution is 6.21. The van der Waals surface area contributed by atoms with Gasteiger partial charge in [0, 0.05) is 30.6 Å². The molecule has 1 N–H and O–H groups in total. The Labute approximate surface area is 238 Å². The molecule has 2 aliphatic heterocycles. The fourth-order valence-corrected chi connectivity index (χ4v) is 5.22. The number of carbonyl (C=O) groups excluding carboxylic acids is 4. The van der Waals surface area contributed by atoms with E-state index in [1.807, 2.05) is 37.3 Å². The van der Waals surface area contributed by atoms with Crippen LogP contribution >= 0.6 is 0 Å². The summed E-state index contributed by atoms with van der Waals surface area (Å²) in [7, 11) is 1.54. The van der Waals surface area contributed by atoms with Gasteiger partial charge in [0.25, 0.3) is 17.7 Å². The van der Waals surface area contributed by atoms with Crippen LogP contribution in [0.5, 0.6) is 0 Å². The van der Waals surface area contributed by atoms with E-state index in [2.05, 4.69) is 10.3 Å². The lowest BCUT2D eigenvalue weighted by molar-refractivity contribution is -0.200. The number of fused-ring (bicyclic) bond motifs is 1. The van der Waals surface area contributed by atoms with Gasteiger partial charge in [-0.2, -0.15) is 0 Å². The third-order valence-corrected chi connectivity index (χ3v) is 7.60. The summed E-state index contributed by atoms with van der Waals surface area (Å²) < 4.78 is 11.6. The lowest BCUT2D eigenvalue weighted by Crippen LogP contribution is -2.49. The molecule has 41 heavy (non-hydrogen) atoms. The van der Waals surface area contributed by atoms with Crippen LogP contribution in [-0.4, -0.2) is 66.0 Å². The molecule has 1 fully saturated rings. The average Bonchev–Trinajstić information content (AvgIpc) is 3.28. The number of unbranched alkanes of at least 4 members (excludes halogenated alkanes) is 1. The normalized spacial score (nSPS) is 19.1. The minimum atomic E-state index is -0.478.